The number of ether oxygens (including phenoxy) is 1. The second-order valence-electron chi connectivity index (χ2n) is 9.12. The van der Waals surface area contributed by atoms with E-state index in [1.54, 1.807) is 0 Å². The van der Waals surface area contributed by atoms with Crippen LogP contribution in [-0.4, -0.2) is 19.0 Å². The third-order valence-electron chi connectivity index (χ3n) is 8.26. The number of carbonyl (C=O) groups is 1. The molecule has 0 aromatic rings. The van der Waals surface area contributed by atoms with Gasteiger partial charge in [-0.1, -0.05) is 25.0 Å². The van der Waals surface area contributed by atoms with Crippen LogP contribution in [0.4, 0.5) is 0 Å². The Kier molecular flexibility index (Phi) is 3.96. The number of hydrogen-bond donors (Lipinski definition) is 0. The summed E-state index contributed by atoms with van der Waals surface area (Å²) in [5.41, 5.74) is 2.94. The topological polar surface area (TPSA) is 50.1 Å². The quantitative estimate of drug-likeness (QED) is 0.656. The maximum absolute atomic E-state index is 12.0. The molecule has 0 N–H and O–H groups in total. The Morgan fingerprint density at radius 1 is 1.24 bits per heavy atom. The summed E-state index contributed by atoms with van der Waals surface area (Å²) in [4.78, 5) is 12.0. The van der Waals surface area contributed by atoms with E-state index in [0.717, 1.165) is 25.7 Å². The van der Waals surface area contributed by atoms with Gasteiger partial charge < -0.3 is 4.74 Å². The lowest BCUT2D eigenvalue weighted by atomic mass is 9.46. The van der Waals surface area contributed by atoms with Gasteiger partial charge in [-0.25, -0.2) is 0 Å². The molecule has 3 saturated carbocycles. The second-order valence-corrected chi connectivity index (χ2v) is 9.12. The van der Waals surface area contributed by atoms with Crippen molar-refractivity contribution in [1.29, 1.82) is 5.26 Å². The molecule has 4 rings (SSSR count). The van der Waals surface area contributed by atoms with Crippen LogP contribution in [0.5, 0.6) is 0 Å². The van der Waals surface area contributed by atoms with Gasteiger partial charge in [0.2, 0.25) is 0 Å². The van der Waals surface area contributed by atoms with Gasteiger partial charge in [0.05, 0.1) is 12.2 Å². The molecule has 3 fully saturated rings. The van der Waals surface area contributed by atoms with E-state index >= 15 is 0 Å². The molecule has 0 heterocycles. The molecule has 4 aliphatic rings. The summed E-state index contributed by atoms with van der Waals surface area (Å²) in [6.45, 7) is 4.76. The number of rotatable bonds is 1. The fraction of sp³-hybridized carbons (Fsp3) is 0.727. The summed E-state index contributed by atoms with van der Waals surface area (Å²) in [7, 11) is 1.85. The molecule has 0 aliphatic heterocycles. The number of methoxy groups -OCH3 is 1. The van der Waals surface area contributed by atoms with Gasteiger partial charge in [-0.2, -0.15) is 5.26 Å². The molecule has 0 amide bonds. The summed E-state index contributed by atoms with van der Waals surface area (Å²) < 4.78 is 6.08. The zero-order valence-electron chi connectivity index (χ0n) is 15.7. The van der Waals surface area contributed by atoms with Gasteiger partial charge >= 0.3 is 0 Å². The van der Waals surface area contributed by atoms with Crippen molar-refractivity contribution in [3.63, 3.8) is 0 Å². The molecule has 25 heavy (non-hydrogen) atoms. The highest BCUT2D eigenvalue weighted by Crippen LogP contribution is 2.66. The number of carbonyl (C=O) groups excluding carboxylic acids is 1. The highest BCUT2D eigenvalue weighted by atomic mass is 16.5. The smallest absolute Gasteiger partial charge is 0.155 e. The fourth-order valence-electron chi connectivity index (χ4n) is 7.04. The zero-order valence-corrected chi connectivity index (χ0v) is 15.7. The van der Waals surface area contributed by atoms with E-state index in [9.17, 15) is 10.1 Å². The van der Waals surface area contributed by atoms with E-state index in [-0.39, 0.29) is 16.9 Å². The number of hydrogen-bond acceptors (Lipinski definition) is 3. The first-order valence-corrected chi connectivity index (χ1v) is 9.80. The van der Waals surface area contributed by atoms with E-state index in [1.165, 1.54) is 24.0 Å². The van der Waals surface area contributed by atoms with E-state index in [2.05, 4.69) is 19.9 Å². The third-order valence-corrected chi connectivity index (χ3v) is 8.26. The first-order valence-electron chi connectivity index (χ1n) is 9.80. The summed E-state index contributed by atoms with van der Waals surface area (Å²) >= 11 is 0. The molecule has 4 aliphatic carbocycles. The predicted octanol–water partition coefficient (Wildman–Crippen LogP) is 4.59. The van der Waals surface area contributed by atoms with Crippen LogP contribution < -0.4 is 0 Å². The zero-order chi connectivity index (χ0) is 17.8. The molecule has 0 bridgehead atoms. The van der Waals surface area contributed by atoms with Gasteiger partial charge in [0.25, 0.3) is 0 Å². The van der Waals surface area contributed by atoms with Crippen molar-refractivity contribution in [1.82, 2.24) is 0 Å². The maximum atomic E-state index is 12.0. The van der Waals surface area contributed by atoms with Gasteiger partial charge in [0.1, 0.15) is 0 Å². The van der Waals surface area contributed by atoms with Crippen molar-refractivity contribution in [2.45, 2.75) is 64.9 Å². The summed E-state index contributed by atoms with van der Waals surface area (Å²) in [5, 5.41) is 9.21. The molecule has 0 aromatic heterocycles. The molecule has 0 spiro atoms. The van der Waals surface area contributed by atoms with Crippen LogP contribution in [0, 0.1) is 39.9 Å². The third kappa shape index (κ3) is 2.30. The fourth-order valence-corrected chi connectivity index (χ4v) is 7.04. The molecule has 134 valence electrons. The minimum Gasteiger partial charge on any atom is -0.381 e. The Hall–Kier alpha value is -1.40. The molecule has 0 radical (unpaired) electrons. The normalized spacial score (nSPS) is 47.5. The molecule has 0 unspecified atom stereocenters. The largest absolute Gasteiger partial charge is 0.381 e. The van der Waals surface area contributed by atoms with Crippen LogP contribution in [0.1, 0.15) is 58.8 Å². The van der Waals surface area contributed by atoms with E-state index < -0.39 is 0 Å². The van der Waals surface area contributed by atoms with Gasteiger partial charge in [0, 0.05) is 19.6 Å². The minimum absolute atomic E-state index is 0.111. The number of nitrogens with zero attached hydrogens (tertiary/aromatic N) is 1. The van der Waals surface area contributed by atoms with Crippen molar-refractivity contribution < 1.29 is 9.53 Å². The van der Waals surface area contributed by atoms with E-state index in [4.69, 9.17) is 4.74 Å². The molecular formula is C22H29NO2. The Balaban J connectivity index is 1.76. The lowest BCUT2D eigenvalue weighted by molar-refractivity contribution is -0.131. The first-order chi connectivity index (χ1) is 11.9. The highest BCUT2D eigenvalue weighted by Gasteiger charge is 2.61. The highest BCUT2D eigenvalue weighted by molar-refractivity contribution is 5.91. The van der Waals surface area contributed by atoms with Gasteiger partial charge in [0.15, 0.2) is 5.78 Å². The van der Waals surface area contributed by atoms with Crippen molar-refractivity contribution in [3.05, 3.63) is 23.3 Å². The molecule has 3 nitrogen and oxygen atoms in total. The van der Waals surface area contributed by atoms with Crippen LogP contribution in [0.3, 0.4) is 0 Å². The molecule has 0 aromatic carbocycles. The summed E-state index contributed by atoms with van der Waals surface area (Å²) in [6, 6.07) is 2.28. The number of nitriles is 1. The average Bonchev–Trinajstić information content (AvgIpc) is 2.91. The van der Waals surface area contributed by atoms with Crippen LogP contribution >= 0.6 is 0 Å². The second kappa shape index (κ2) is 5.81. The Bertz CT molecular complexity index is 699. The SMILES string of the molecule is CO[C@H]1C[C@]2(C)/C(=C\C#N)CC[C@H]2[C@@H]2CCC3=CC(=O)CC[C@]3(C)[C@H]21. The Morgan fingerprint density at radius 2 is 2.04 bits per heavy atom. The van der Waals surface area contributed by atoms with Gasteiger partial charge in [-0.05, 0) is 73.2 Å². The molecular weight excluding hydrogens is 310 g/mol. The van der Waals surface area contributed by atoms with E-state index in [1.807, 2.05) is 19.3 Å². The van der Waals surface area contributed by atoms with Gasteiger partial charge in [-0.15, -0.1) is 0 Å². The van der Waals surface area contributed by atoms with Crippen molar-refractivity contribution in [2.24, 2.45) is 28.6 Å². The molecule has 0 saturated heterocycles. The molecule has 3 heteroatoms. The Labute approximate surface area is 151 Å². The van der Waals surface area contributed by atoms with Crippen LogP contribution in [-0.2, 0) is 9.53 Å². The van der Waals surface area contributed by atoms with Crippen molar-refractivity contribution in [3.8, 4) is 6.07 Å². The van der Waals surface area contributed by atoms with Gasteiger partial charge in [-0.3, -0.25) is 4.79 Å². The standard InChI is InChI=1S/C22H29NO2/c1-21-10-8-16(24)12-15(21)4-6-17-18-7-5-14(9-11-23)22(18,2)13-19(25-3)20(17)21/h9,12,17-20H,4-8,10,13H2,1-3H3/b14-9-/t17-,18-,19-,20+,21-,22+/m0/s1. The van der Waals surface area contributed by atoms with Crippen LogP contribution in [0.2, 0.25) is 0 Å². The van der Waals surface area contributed by atoms with Crippen LogP contribution in [0.25, 0.3) is 0 Å². The predicted molar refractivity (Wildman–Crippen MR) is 96.6 cm³/mol. The van der Waals surface area contributed by atoms with Crippen molar-refractivity contribution in [2.75, 3.05) is 7.11 Å². The van der Waals surface area contributed by atoms with E-state index in [0.29, 0.717) is 30.0 Å². The minimum atomic E-state index is 0.111. The first kappa shape index (κ1) is 17.0. The number of allylic oxidation sites excluding steroid dienone is 3. The Morgan fingerprint density at radius 3 is 2.76 bits per heavy atom. The summed E-state index contributed by atoms with van der Waals surface area (Å²) in [6.07, 6.45) is 11.1. The van der Waals surface area contributed by atoms with Crippen molar-refractivity contribution >= 4 is 5.78 Å². The summed E-state index contributed by atoms with van der Waals surface area (Å²) in [5.74, 6) is 2.11. The monoisotopic (exact) mass is 339 g/mol. The average molecular weight is 339 g/mol. The number of fused-ring (bicyclic) bond motifs is 5. The lowest BCUT2D eigenvalue weighted by Crippen LogP contribution is -2.56. The maximum Gasteiger partial charge on any atom is 0.155 e. The van der Waals surface area contributed by atoms with Crippen LogP contribution in [0.15, 0.2) is 23.3 Å². The lowest BCUT2D eigenvalue weighted by Gasteiger charge is -2.59. The molecule has 6 atom stereocenters. The number of ketones is 1.